The largest absolute Gasteiger partial charge is 0.493 e. The Morgan fingerprint density at radius 3 is 2.23 bits per heavy atom. The first-order valence-corrected chi connectivity index (χ1v) is 13.6. The number of benzene rings is 2. The Labute approximate surface area is 187 Å². The van der Waals surface area contributed by atoms with Crippen molar-refractivity contribution in [3.63, 3.8) is 0 Å². The van der Waals surface area contributed by atoms with Crippen molar-refractivity contribution in [3.05, 3.63) is 52.5 Å². The van der Waals surface area contributed by atoms with E-state index < -0.39 is 31.0 Å². The first-order chi connectivity index (χ1) is 14.6. The Morgan fingerprint density at radius 2 is 1.61 bits per heavy atom. The molecule has 0 radical (unpaired) electrons. The molecule has 1 saturated heterocycles. The van der Waals surface area contributed by atoms with Crippen LogP contribution in [0.25, 0.3) is 0 Å². The van der Waals surface area contributed by atoms with Gasteiger partial charge in [-0.05, 0) is 53.9 Å². The van der Waals surface area contributed by atoms with Gasteiger partial charge in [0.2, 0.25) is 0 Å². The van der Waals surface area contributed by atoms with Gasteiger partial charge in [-0.15, -0.1) is 0 Å². The minimum Gasteiger partial charge on any atom is -0.493 e. The molecular weight excluding hydrogens is 462 g/mol. The number of halogens is 1. The quantitative estimate of drug-likeness (QED) is 0.642. The number of sulfone groups is 2. The summed E-state index contributed by atoms with van der Waals surface area (Å²) in [6.07, 6.45) is 0.667. The zero-order chi connectivity index (χ0) is 22.4. The second-order valence-electron chi connectivity index (χ2n) is 7.88. The van der Waals surface area contributed by atoms with Crippen molar-refractivity contribution in [2.24, 2.45) is 0 Å². The van der Waals surface area contributed by atoms with Gasteiger partial charge in [0.1, 0.15) is 0 Å². The van der Waals surface area contributed by atoms with Gasteiger partial charge in [0, 0.05) is 24.2 Å². The Kier molecular flexibility index (Phi) is 5.97. The van der Waals surface area contributed by atoms with E-state index in [1.165, 1.54) is 24.3 Å². The zero-order valence-corrected chi connectivity index (χ0v) is 19.6. The van der Waals surface area contributed by atoms with Crippen molar-refractivity contribution < 1.29 is 26.3 Å². The van der Waals surface area contributed by atoms with Crippen molar-refractivity contribution in [1.29, 1.82) is 0 Å². The molecule has 2 aromatic carbocycles. The average molecular weight is 486 g/mol. The lowest BCUT2D eigenvalue weighted by molar-refractivity contribution is 0.195. The number of nitrogens with zero attached hydrogens (tertiary/aromatic N) is 1. The molecule has 168 valence electrons. The fourth-order valence-electron chi connectivity index (χ4n) is 4.42. The molecule has 31 heavy (non-hydrogen) atoms. The molecule has 0 saturated carbocycles. The maximum absolute atomic E-state index is 13.3. The van der Waals surface area contributed by atoms with Crippen molar-refractivity contribution in [1.82, 2.24) is 4.90 Å². The maximum Gasteiger partial charge on any atom is 0.183 e. The first kappa shape index (κ1) is 22.4. The van der Waals surface area contributed by atoms with E-state index in [0.717, 1.165) is 11.1 Å². The minimum absolute atomic E-state index is 0.0906. The Bertz CT molecular complexity index is 1200. The van der Waals surface area contributed by atoms with E-state index in [1.807, 2.05) is 17.0 Å². The van der Waals surface area contributed by atoms with Gasteiger partial charge in [-0.2, -0.15) is 0 Å². The molecule has 2 aliphatic rings. The van der Waals surface area contributed by atoms with E-state index in [4.69, 9.17) is 21.1 Å². The predicted octanol–water partition coefficient (Wildman–Crippen LogP) is 2.35. The lowest BCUT2D eigenvalue weighted by Gasteiger charge is -2.36. The first-order valence-electron chi connectivity index (χ1n) is 9.82. The van der Waals surface area contributed by atoms with Crippen LogP contribution >= 0.6 is 11.6 Å². The number of hydrogen-bond acceptors (Lipinski definition) is 7. The van der Waals surface area contributed by atoms with E-state index in [0.29, 0.717) is 36.0 Å². The second-order valence-corrected chi connectivity index (χ2v) is 12.6. The van der Waals surface area contributed by atoms with Crippen molar-refractivity contribution >= 4 is 31.3 Å². The summed E-state index contributed by atoms with van der Waals surface area (Å²) in [5.41, 5.74) is 2.07. The summed E-state index contributed by atoms with van der Waals surface area (Å²) >= 11 is 5.89. The highest BCUT2D eigenvalue weighted by Crippen LogP contribution is 2.36. The zero-order valence-electron chi connectivity index (χ0n) is 17.2. The number of rotatable bonds is 5. The smallest absolute Gasteiger partial charge is 0.183 e. The number of methoxy groups -OCH3 is 2. The highest BCUT2D eigenvalue weighted by Gasteiger charge is 2.48. The number of hydrogen-bond donors (Lipinski definition) is 0. The molecule has 0 unspecified atom stereocenters. The molecule has 2 aliphatic heterocycles. The Morgan fingerprint density at radius 1 is 1.00 bits per heavy atom. The molecule has 10 heteroatoms. The third kappa shape index (κ3) is 4.28. The minimum atomic E-state index is -3.85. The predicted molar refractivity (Wildman–Crippen MR) is 119 cm³/mol. The fraction of sp³-hybridized carbons (Fsp3) is 0.429. The molecule has 0 amide bonds. The molecule has 0 spiro atoms. The van der Waals surface area contributed by atoms with E-state index in [-0.39, 0.29) is 16.4 Å². The molecule has 1 fully saturated rings. The standard InChI is InChI=1S/C21H24ClNO6S2/c1-28-19-9-14-7-8-23(11-15(14)10-20(19)29-2)18-12-30(24,25)13-21(18)31(26,27)17-5-3-16(22)4-6-17/h3-6,9-10,18,21H,7-8,11-13H2,1-2H3/t18-,21-/m1/s1. The van der Waals surface area contributed by atoms with Crippen LogP contribution in [0.5, 0.6) is 11.5 Å². The van der Waals surface area contributed by atoms with Crippen LogP contribution in [0.15, 0.2) is 41.3 Å². The van der Waals surface area contributed by atoms with Gasteiger partial charge < -0.3 is 9.47 Å². The molecule has 2 atom stereocenters. The molecule has 2 heterocycles. The van der Waals surface area contributed by atoms with Crippen LogP contribution in [-0.2, 0) is 32.6 Å². The van der Waals surface area contributed by atoms with Gasteiger partial charge in [0.05, 0.1) is 35.9 Å². The van der Waals surface area contributed by atoms with Crippen molar-refractivity contribution in [3.8, 4) is 11.5 Å². The summed E-state index contributed by atoms with van der Waals surface area (Å²) < 4.78 is 62.5. The van der Waals surface area contributed by atoms with E-state index in [9.17, 15) is 16.8 Å². The van der Waals surface area contributed by atoms with Gasteiger partial charge in [0.15, 0.2) is 31.2 Å². The maximum atomic E-state index is 13.3. The van der Waals surface area contributed by atoms with Crippen LogP contribution in [0, 0.1) is 0 Å². The van der Waals surface area contributed by atoms with Crippen LogP contribution in [0.3, 0.4) is 0 Å². The molecule has 0 aliphatic carbocycles. The Hall–Kier alpha value is -1.81. The van der Waals surface area contributed by atoms with Crippen LogP contribution in [0.4, 0.5) is 0 Å². The summed E-state index contributed by atoms with van der Waals surface area (Å²) in [7, 11) is -4.20. The summed E-state index contributed by atoms with van der Waals surface area (Å²) in [6.45, 7) is 1.01. The third-order valence-corrected chi connectivity index (χ3v) is 10.4. The van der Waals surface area contributed by atoms with Crippen LogP contribution in [-0.4, -0.2) is 65.3 Å². The van der Waals surface area contributed by atoms with E-state index in [1.54, 1.807) is 14.2 Å². The second kappa shape index (κ2) is 8.27. The van der Waals surface area contributed by atoms with Gasteiger partial charge in [-0.25, -0.2) is 16.8 Å². The SMILES string of the molecule is COc1cc2c(cc1OC)CN([C@@H]1CS(=O)(=O)C[C@H]1S(=O)(=O)c1ccc(Cl)cc1)CC2. The molecular formula is C21H24ClNO6S2. The van der Waals surface area contributed by atoms with Crippen LogP contribution in [0.2, 0.25) is 5.02 Å². The van der Waals surface area contributed by atoms with Gasteiger partial charge >= 0.3 is 0 Å². The van der Waals surface area contributed by atoms with Gasteiger partial charge in [-0.3, -0.25) is 4.90 Å². The lowest BCUT2D eigenvalue weighted by atomic mass is 9.97. The lowest BCUT2D eigenvalue weighted by Crippen LogP contribution is -2.48. The van der Waals surface area contributed by atoms with Crippen molar-refractivity contribution in [2.75, 3.05) is 32.3 Å². The monoisotopic (exact) mass is 485 g/mol. The molecule has 0 bridgehead atoms. The summed E-state index contributed by atoms with van der Waals surface area (Å²) in [4.78, 5) is 2.06. The highest BCUT2D eigenvalue weighted by atomic mass is 35.5. The molecule has 4 rings (SSSR count). The number of fused-ring (bicyclic) bond motifs is 1. The van der Waals surface area contributed by atoms with Crippen LogP contribution < -0.4 is 9.47 Å². The molecule has 7 nitrogen and oxygen atoms in total. The summed E-state index contributed by atoms with van der Waals surface area (Å²) in [6, 6.07) is 9.07. The van der Waals surface area contributed by atoms with Crippen LogP contribution in [0.1, 0.15) is 11.1 Å². The Balaban J connectivity index is 1.67. The third-order valence-electron chi connectivity index (χ3n) is 6.03. The molecule has 0 N–H and O–H groups in total. The molecule has 0 aromatic heterocycles. The van der Waals surface area contributed by atoms with Crippen molar-refractivity contribution in [2.45, 2.75) is 29.2 Å². The highest BCUT2D eigenvalue weighted by molar-refractivity contribution is 7.96. The topological polar surface area (TPSA) is 90.0 Å². The normalized spacial score (nSPS) is 23.3. The summed E-state index contributed by atoms with van der Waals surface area (Å²) in [5, 5.41) is -0.605. The van der Waals surface area contributed by atoms with Gasteiger partial charge in [-0.1, -0.05) is 11.6 Å². The average Bonchev–Trinajstić information content (AvgIpc) is 3.09. The van der Waals surface area contributed by atoms with E-state index >= 15 is 0 Å². The summed E-state index contributed by atoms with van der Waals surface area (Å²) in [5.74, 6) is 0.680. The van der Waals surface area contributed by atoms with Gasteiger partial charge in [0.25, 0.3) is 0 Å². The van der Waals surface area contributed by atoms with E-state index in [2.05, 4.69) is 0 Å². The fourth-order valence-corrected chi connectivity index (χ4v) is 9.38. The molecule has 2 aromatic rings. The number of ether oxygens (including phenoxy) is 2.